The topological polar surface area (TPSA) is 74.5 Å². The van der Waals surface area contributed by atoms with E-state index in [0.29, 0.717) is 34.1 Å². The third-order valence-corrected chi connectivity index (χ3v) is 5.14. The van der Waals surface area contributed by atoms with Gasteiger partial charge in [0.2, 0.25) is 5.89 Å². The van der Waals surface area contributed by atoms with Gasteiger partial charge in [0.25, 0.3) is 0 Å². The predicted molar refractivity (Wildman–Crippen MR) is 103 cm³/mol. The number of benzene rings is 1. The first kappa shape index (κ1) is 17.2. The molecular weight excluding hydrogens is 364 g/mol. The van der Waals surface area contributed by atoms with Crippen LogP contribution in [0.15, 0.2) is 53.2 Å². The number of ketones is 1. The van der Waals surface area contributed by atoms with Crippen LogP contribution in [-0.2, 0) is 6.42 Å². The molecule has 3 aromatic heterocycles. The second kappa shape index (κ2) is 7.20. The lowest BCUT2D eigenvalue weighted by Gasteiger charge is -2.07. The maximum absolute atomic E-state index is 12.7. The second-order valence-electron chi connectivity index (χ2n) is 5.83. The van der Waals surface area contributed by atoms with E-state index < -0.39 is 0 Å². The Morgan fingerprint density at radius 2 is 1.89 bits per heavy atom. The molecule has 4 aromatic rings. The number of rotatable bonds is 6. The van der Waals surface area contributed by atoms with Gasteiger partial charge in [-0.25, -0.2) is 4.98 Å². The van der Waals surface area contributed by atoms with Crippen LogP contribution < -0.4 is 9.47 Å². The fourth-order valence-electron chi connectivity index (χ4n) is 2.70. The van der Waals surface area contributed by atoms with Gasteiger partial charge in [-0.2, -0.15) is 0 Å². The number of pyridine rings is 1. The fraction of sp³-hybridized carbons (Fsp3) is 0.150. The van der Waals surface area contributed by atoms with Crippen molar-refractivity contribution in [2.24, 2.45) is 0 Å². The summed E-state index contributed by atoms with van der Waals surface area (Å²) in [5.41, 5.74) is 1.95. The zero-order chi connectivity index (χ0) is 18.8. The van der Waals surface area contributed by atoms with Crippen molar-refractivity contribution in [1.82, 2.24) is 9.97 Å². The molecule has 0 atom stereocenters. The first-order valence-electron chi connectivity index (χ1n) is 8.22. The molecule has 0 saturated carbocycles. The average Bonchev–Trinajstić information content (AvgIpc) is 3.34. The summed E-state index contributed by atoms with van der Waals surface area (Å²) in [5, 5.41) is 0. The van der Waals surface area contributed by atoms with Gasteiger partial charge in [0, 0.05) is 35.2 Å². The molecule has 0 fully saturated rings. The van der Waals surface area contributed by atoms with Gasteiger partial charge >= 0.3 is 0 Å². The Kier molecular flexibility index (Phi) is 4.60. The molecule has 27 heavy (non-hydrogen) atoms. The first-order valence-corrected chi connectivity index (χ1v) is 9.04. The molecule has 0 spiro atoms. The summed E-state index contributed by atoms with van der Waals surface area (Å²) in [5.74, 6) is 1.70. The van der Waals surface area contributed by atoms with Crippen molar-refractivity contribution in [3.05, 3.63) is 59.2 Å². The number of carbonyl (C=O) groups is 1. The second-order valence-corrected chi connectivity index (χ2v) is 7.00. The van der Waals surface area contributed by atoms with Crippen molar-refractivity contribution in [3.63, 3.8) is 0 Å². The Morgan fingerprint density at radius 3 is 2.59 bits per heavy atom. The van der Waals surface area contributed by atoms with Crippen LogP contribution in [0.3, 0.4) is 0 Å². The molecule has 0 aliphatic rings. The van der Waals surface area contributed by atoms with E-state index in [4.69, 9.17) is 13.9 Å². The van der Waals surface area contributed by atoms with E-state index in [2.05, 4.69) is 9.97 Å². The molecule has 0 saturated heterocycles. The van der Waals surface area contributed by atoms with E-state index in [0.717, 1.165) is 9.75 Å². The minimum atomic E-state index is -0.0117. The van der Waals surface area contributed by atoms with Gasteiger partial charge < -0.3 is 13.9 Å². The van der Waals surface area contributed by atoms with E-state index >= 15 is 0 Å². The van der Waals surface area contributed by atoms with E-state index in [1.807, 2.05) is 12.1 Å². The Hall–Kier alpha value is -3.19. The third-order valence-electron chi connectivity index (χ3n) is 4.07. The Bertz CT molecular complexity index is 1060. The molecule has 0 amide bonds. The van der Waals surface area contributed by atoms with E-state index in [-0.39, 0.29) is 12.2 Å². The maximum atomic E-state index is 12.7. The molecule has 0 N–H and O–H groups in total. The van der Waals surface area contributed by atoms with E-state index in [1.165, 1.54) is 11.3 Å². The van der Waals surface area contributed by atoms with Crippen molar-refractivity contribution in [3.8, 4) is 22.3 Å². The number of methoxy groups -OCH3 is 2. The predicted octanol–water partition coefficient (Wildman–Crippen LogP) is 4.39. The molecular formula is C20H16N2O4S. The molecule has 0 aliphatic heterocycles. The van der Waals surface area contributed by atoms with Gasteiger partial charge in [-0.3, -0.25) is 9.78 Å². The first-order chi connectivity index (χ1) is 13.2. The summed E-state index contributed by atoms with van der Waals surface area (Å²) in [6.45, 7) is 0. The molecule has 0 radical (unpaired) electrons. The monoisotopic (exact) mass is 380 g/mol. The van der Waals surface area contributed by atoms with Crippen molar-refractivity contribution >= 4 is 28.2 Å². The summed E-state index contributed by atoms with van der Waals surface area (Å²) in [6, 6.07) is 10.8. The summed E-state index contributed by atoms with van der Waals surface area (Å²) in [7, 11) is 3.12. The van der Waals surface area contributed by atoms with E-state index in [9.17, 15) is 4.79 Å². The molecule has 3 heterocycles. The van der Waals surface area contributed by atoms with Crippen LogP contribution in [0, 0.1) is 0 Å². The summed E-state index contributed by atoms with van der Waals surface area (Å²) < 4.78 is 16.2. The highest BCUT2D eigenvalue weighted by Gasteiger charge is 2.15. The van der Waals surface area contributed by atoms with Gasteiger partial charge in [0.1, 0.15) is 17.0 Å². The molecule has 0 bridgehead atoms. The number of hydrogen-bond acceptors (Lipinski definition) is 7. The lowest BCUT2D eigenvalue weighted by Crippen LogP contribution is -2.03. The average molecular weight is 380 g/mol. The minimum Gasteiger partial charge on any atom is -0.497 e. The molecule has 1 aromatic carbocycles. The van der Waals surface area contributed by atoms with Crippen LogP contribution in [-0.4, -0.2) is 30.0 Å². The lowest BCUT2D eigenvalue weighted by atomic mass is 10.1. The number of thiophene rings is 1. The Morgan fingerprint density at radius 1 is 1.11 bits per heavy atom. The van der Waals surface area contributed by atoms with Crippen LogP contribution >= 0.6 is 11.3 Å². The smallest absolute Gasteiger partial charge is 0.237 e. The van der Waals surface area contributed by atoms with Gasteiger partial charge in [-0.05, 0) is 24.3 Å². The zero-order valence-corrected chi connectivity index (χ0v) is 15.6. The quantitative estimate of drug-likeness (QED) is 0.462. The van der Waals surface area contributed by atoms with E-state index in [1.54, 1.807) is 50.9 Å². The van der Waals surface area contributed by atoms with Crippen LogP contribution in [0.25, 0.3) is 21.9 Å². The van der Waals surface area contributed by atoms with Crippen molar-refractivity contribution in [1.29, 1.82) is 0 Å². The lowest BCUT2D eigenvalue weighted by molar-refractivity contribution is 0.0993. The number of ether oxygens (including phenoxy) is 2. The molecule has 0 aliphatic carbocycles. The maximum Gasteiger partial charge on any atom is 0.237 e. The molecule has 4 rings (SSSR count). The largest absolute Gasteiger partial charge is 0.497 e. The highest BCUT2D eigenvalue weighted by molar-refractivity contribution is 7.15. The zero-order valence-electron chi connectivity index (χ0n) is 14.8. The van der Waals surface area contributed by atoms with Crippen molar-refractivity contribution in [2.45, 2.75) is 6.42 Å². The number of fused-ring (bicyclic) bond motifs is 1. The number of aromatic nitrogens is 2. The summed E-state index contributed by atoms with van der Waals surface area (Å²) >= 11 is 1.48. The highest BCUT2D eigenvalue weighted by atomic mass is 32.1. The number of hydrogen-bond donors (Lipinski definition) is 0. The summed E-state index contributed by atoms with van der Waals surface area (Å²) in [6.07, 6.45) is 3.61. The normalized spacial score (nSPS) is 10.9. The third kappa shape index (κ3) is 3.54. The molecule has 7 heteroatoms. The van der Waals surface area contributed by atoms with Crippen LogP contribution in [0.1, 0.15) is 15.2 Å². The van der Waals surface area contributed by atoms with Crippen molar-refractivity contribution < 1.29 is 18.7 Å². The Balaban J connectivity index is 1.56. The van der Waals surface area contributed by atoms with Gasteiger partial charge in [-0.15, -0.1) is 11.3 Å². The van der Waals surface area contributed by atoms with Gasteiger partial charge in [0.05, 0.1) is 25.3 Å². The minimum absolute atomic E-state index is 0.0117. The van der Waals surface area contributed by atoms with Crippen LogP contribution in [0.2, 0.25) is 0 Å². The standard InChI is InChI=1S/C20H16N2O4S/c1-24-13-7-12(8-14(9-13)25-2)17(23)10-15-3-4-19(27-15)20-22-16-11-21-6-5-18(16)26-20/h3-9,11H,10H2,1-2H3. The fourth-order valence-corrected chi connectivity index (χ4v) is 3.63. The van der Waals surface area contributed by atoms with Crippen LogP contribution in [0.4, 0.5) is 0 Å². The van der Waals surface area contributed by atoms with Gasteiger partial charge in [0.15, 0.2) is 11.4 Å². The van der Waals surface area contributed by atoms with Crippen molar-refractivity contribution in [2.75, 3.05) is 14.2 Å². The Labute approximate surface area is 159 Å². The van der Waals surface area contributed by atoms with Crippen LogP contribution in [0.5, 0.6) is 11.5 Å². The highest BCUT2D eigenvalue weighted by Crippen LogP contribution is 2.31. The SMILES string of the molecule is COc1cc(OC)cc(C(=O)Cc2ccc(-c3nc4cnccc4o3)s2)c1. The molecule has 6 nitrogen and oxygen atoms in total. The number of Topliss-reactive ketones (excluding diaryl/α,β-unsaturated/α-hetero) is 1. The van der Waals surface area contributed by atoms with Gasteiger partial charge in [-0.1, -0.05) is 0 Å². The number of carbonyl (C=O) groups excluding carboxylic acids is 1. The molecule has 136 valence electrons. The molecule has 0 unspecified atom stereocenters. The number of oxazole rings is 1. The summed E-state index contributed by atoms with van der Waals surface area (Å²) in [4.78, 5) is 23.0. The number of nitrogens with zero attached hydrogens (tertiary/aromatic N) is 2.